The van der Waals surface area contributed by atoms with E-state index in [1.165, 1.54) is 11.4 Å². The predicted molar refractivity (Wildman–Crippen MR) is 83.1 cm³/mol. The molecule has 0 aromatic heterocycles. The van der Waals surface area contributed by atoms with E-state index in [1.54, 1.807) is 6.07 Å². The minimum atomic E-state index is -3.64. The fourth-order valence-corrected chi connectivity index (χ4v) is 4.67. The van der Waals surface area contributed by atoms with Gasteiger partial charge in [0.25, 0.3) is 0 Å². The molecular formula is C15H22N2O4S. The number of carbonyl (C=O) groups excluding carboxylic acids is 1. The summed E-state index contributed by atoms with van der Waals surface area (Å²) in [5.74, 6) is -0.226. The molecule has 1 heterocycles. The van der Waals surface area contributed by atoms with Gasteiger partial charge < -0.3 is 10.5 Å². The number of hydrogen-bond donors (Lipinski definition) is 1. The lowest BCUT2D eigenvalue weighted by Gasteiger charge is -2.30. The summed E-state index contributed by atoms with van der Waals surface area (Å²) in [4.78, 5) is 11.4. The third kappa shape index (κ3) is 3.10. The minimum Gasteiger partial charge on any atom is -0.495 e. The van der Waals surface area contributed by atoms with Crippen LogP contribution < -0.4 is 10.5 Å². The van der Waals surface area contributed by atoms with Crippen molar-refractivity contribution in [2.45, 2.75) is 31.6 Å². The van der Waals surface area contributed by atoms with Crippen molar-refractivity contribution in [2.75, 3.05) is 20.2 Å². The van der Waals surface area contributed by atoms with Crippen molar-refractivity contribution in [3.63, 3.8) is 0 Å². The number of amides is 1. The molecule has 0 bridgehead atoms. The smallest absolute Gasteiger partial charge is 0.246 e. The van der Waals surface area contributed by atoms with Crippen molar-refractivity contribution in [1.29, 1.82) is 0 Å². The third-order valence-corrected chi connectivity index (χ3v) is 5.97. The molecule has 7 heteroatoms. The summed E-state index contributed by atoms with van der Waals surface area (Å²) in [7, 11) is -2.17. The maximum Gasteiger partial charge on any atom is 0.246 e. The van der Waals surface area contributed by atoms with Crippen LogP contribution in [0, 0.1) is 19.8 Å². The highest BCUT2D eigenvalue weighted by molar-refractivity contribution is 7.89. The molecule has 0 atom stereocenters. The standard InChI is InChI=1S/C15H22N2O4S/c1-10-8-11(2)14(21-3)13(9-10)22(19,20)17-6-4-12(5-7-17)15(16)18/h8-9,12H,4-7H2,1-3H3,(H2,16,18). The first-order valence-electron chi connectivity index (χ1n) is 7.22. The zero-order valence-corrected chi connectivity index (χ0v) is 13.9. The minimum absolute atomic E-state index is 0.185. The Morgan fingerprint density at radius 3 is 2.36 bits per heavy atom. The number of carbonyl (C=O) groups is 1. The molecule has 122 valence electrons. The van der Waals surface area contributed by atoms with Gasteiger partial charge in [-0.2, -0.15) is 4.31 Å². The third-order valence-electron chi connectivity index (χ3n) is 4.06. The lowest BCUT2D eigenvalue weighted by atomic mass is 9.98. The highest BCUT2D eigenvalue weighted by Crippen LogP contribution is 2.33. The molecule has 0 unspecified atom stereocenters. The van der Waals surface area contributed by atoms with Gasteiger partial charge in [-0.25, -0.2) is 8.42 Å². The summed E-state index contributed by atoms with van der Waals surface area (Å²) in [5, 5.41) is 0. The highest BCUT2D eigenvalue weighted by atomic mass is 32.2. The first kappa shape index (κ1) is 16.8. The first-order valence-corrected chi connectivity index (χ1v) is 8.66. The molecule has 1 aromatic carbocycles. The molecule has 22 heavy (non-hydrogen) atoms. The van der Waals surface area contributed by atoms with E-state index < -0.39 is 10.0 Å². The molecule has 0 aliphatic carbocycles. The molecule has 1 saturated heterocycles. The van der Waals surface area contributed by atoms with E-state index in [2.05, 4.69) is 0 Å². The first-order chi connectivity index (χ1) is 10.3. The molecule has 1 aliphatic heterocycles. The second-order valence-electron chi connectivity index (χ2n) is 5.69. The van der Waals surface area contributed by atoms with Crippen molar-refractivity contribution < 1.29 is 17.9 Å². The molecule has 2 N–H and O–H groups in total. The topological polar surface area (TPSA) is 89.7 Å². The Morgan fingerprint density at radius 2 is 1.86 bits per heavy atom. The second-order valence-corrected chi connectivity index (χ2v) is 7.60. The average Bonchev–Trinajstić information content (AvgIpc) is 2.46. The van der Waals surface area contributed by atoms with E-state index >= 15 is 0 Å². The van der Waals surface area contributed by atoms with Crippen LogP contribution in [0.5, 0.6) is 5.75 Å². The summed E-state index contributed by atoms with van der Waals surface area (Å²) in [6.07, 6.45) is 0.920. The Morgan fingerprint density at radius 1 is 1.27 bits per heavy atom. The van der Waals surface area contributed by atoms with Gasteiger partial charge in [-0.15, -0.1) is 0 Å². The summed E-state index contributed by atoms with van der Waals surface area (Å²) < 4.78 is 32.4. The van der Waals surface area contributed by atoms with Crippen LogP contribution in [0.15, 0.2) is 17.0 Å². The monoisotopic (exact) mass is 326 g/mol. The number of aryl methyl sites for hydroxylation is 2. The molecule has 0 saturated carbocycles. The van der Waals surface area contributed by atoms with Gasteiger partial charge in [-0.3, -0.25) is 4.79 Å². The van der Waals surface area contributed by atoms with E-state index in [9.17, 15) is 13.2 Å². The quantitative estimate of drug-likeness (QED) is 0.900. The molecule has 1 fully saturated rings. The van der Waals surface area contributed by atoms with Crippen LogP contribution >= 0.6 is 0 Å². The molecule has 2 rings (SSSR count). The number of nitrogens with zero attached hydrogens (tertiary/aromatic N) is 1. The predicted octanol–water partition coefficient (Wildman–Crippen LogP) is 1.20. The van der Waals surface area contributed by atoms with Gasteiger partial charge in [0.1, 0.15) is 10.6 Å². The molecule has 1 aromatic rings. The molecule has 1 amide bonds. The molecule has 6 nitrogen and oxygen atoms in total. The van der Waals surface area contributed by atoms with E-state index in [0.29, 0.717) is 31.7 Å². The summed E-state index contributed by atoms with van der Waals surface area (Å²) in [5.41, 5.74) is 6.94. The van der Waals surface area contributed by atoms with Gasteiger partial charge in [0, 0.05) is 19.0 Å². The summed E-state index contributed by atoms with van der Waals surface area (Å²) in [6.45, 7) is 4.27. The van der Waals surface area contributed by atoms with Crippen LogP contribution in [0.2, 0.25) is 0 Å². The zero-order valence-electron chi connectivity index (χ0n) is 13.1. The number of primary amides is 1. The Hall–Kier alpha value is -1.60. The van der Waals surface area contributed by atoms with E-state index in [0.717, 1.165) is 11.1 Å². The van der Waals surface area contributed by atoms with Crippen LogP contribution in [-0.2, 0) is 14.8 Å². The van der Waals surface area contributed by atoms with E-state index in [1.807, 2.05) is 19.9 Å². The summed E-state index contributed by atoms with van der Waals surface area (Å²) in [6, 6.07) is 3.51. The lowest BCUT2D eigenvalue weighted by molar-refractivity contribution is -0.122. The number of nitrogens with two attached hydrogens (primary N) is 1. The van der Waals surface area contributed by atoms with Gasteiger partial charge in [0.05, 0.1) is 7.11 Å². The molecule has 0 spiro atoms. The number of rotatable bonds is 4. The number of methoxy groups -OCH3 is 1. The molecular weight excluding hydrogens is 304 g/mol. The van der Waals surface area contributed by atoms with Crippen LogP contribution in [0.1, 0.15) is 24.0 Å². The highest BCUT2D eigenvalue weighted by Gasteiger charge is 2.33. The fourth-order valence-electron chi connectivity index (χ4n) is 2.89. The maximum absolute atomic E-state index is 12.9. The van der Waals surface area contributed by atoms with Gasteiger partial charge in [-0.05, 0) is 43.9 Å². The number of sulfonamides is 1. The van der Waals surface area contributed by atoms with Crippen molar-refractivity contribution in [3.05, 3.63) is 23.3 Å². The Labute approximate surface area is 131 Å². The normalized spacial score (nSPS) is 17.4. The van der Waals surface area contributed by atoms with Crippen LogP contribution in [0.25, 0.3) is 0 Å². The Bertz CT molecular complexity index is 677. The average molecular weight is 326 g/mol. The number of hydrogen-bond acceptors (Lipinski definition) is 4. The molecule has 0 radical (unpaired) electrons. The Balaban J connectivity index is 2.34. The van der Waals surface area contributed by atoms with Crippen LogP contribution in [-0.4, -0.2) is 38.8 Å². The lowest BCUT2D eigenvalue weighted by Crippen LogP contribution is -2.41. The van der Waals surface area contributed by atoms with Gasteiger partial charge in [0.15, 0.2) is 0 Å². The van der Waals surface area contributed by atoms with Crippen molar-refractivity contribution >= 4 is 15.9 Å². The Kier molecular flexibility index (Phi) is 4.77. The summed E-state index contributed by atoms with van der Waals surface area (Å²) >= 11 is 0. The van der Waals surface area contributed by atoms with Crippen molar-refractivity contribution in [3.8, 4) is 5.75 Å². The fraction of sp³-hybridized carbons (Fsp3) is 0.533. The van der Waals surface area contributed by atoms with Crippen molar-refractivity contribution in [1.82, 2.24) is 4.31 Å². The van der Waals surface area contributed by atoms with Crippen LogP contribution in [0.3, 0.4) is 0 Å². The maximum atomic E-state index is 12.9. The van der Waals surface area contributed by atoms with E-state index in [4.69, 9.17) is 10.5 Å². The number of ether oxygens (including phenoxy) is 1. The second kappa shape index (κ2) is 6.26. The van der Waals surface area contributed by atoms with Gasteiger partial charge in [0.2, 0.25) is 15.9 Å². The SMILES string of the molecule is COc1c(C)cc(C)cc1S(=O)(=O)N1CCC(C(N)=O)CC1. The number of piperidine rings is 1. The molecule has 1 aliphatic rings. The van der Waals surface area contributed by atoms with E-state index in [-0.39, 0.29) is 16.7 Å². The van der Waals surface area contributed by atoms with Crippen molar-refractivity contribution in [2.24, 2.45) is 11.7 Å². The number of benzene rings is 1. The van der Waals surface area contributed by atoms with Crippen LogP contribution in [0.4, 0.5) is 0 Å². The largest absolute Gasteiger partial charge is 0.495 e. The van der Waals surface area contributed by atoms with Gasteiger partial charge >= 0.3 is 0 Å². The van der Waals surface area contributed by atoms with Gasteiger partial charge in [-0.1, -0.05) is 6.07 Å². The zero-order chi connectivity index (χ0) is 16.5.